The van der Waals surface area contributed by atoms with Crippen LogP contribution in [0.15, 0.2) is 18.2 Å². The van der Waals surface area contributed by atoms with E-state index in [-0.39, 0.29) is 24.1 Å². The van der Waals surface area contributed by atoms with Gasteiger partial charge in [0, 0.05) is 25.7 Å². The first-order chi connectivity index (χ1) is 11.6. The summed E-state index contributed by atoms with van der Waals surface area (Å²) in [5.74, 6) is -0.285. The predicted octanol–water partition coefficient (Wildman–Crippen LogP) is 1.40. The molecule has 0 unspecified atom stereocenters. The van der Waals surface area contributed by atoms with Crippen molar-refractivity contribution < 1.29 is 19.0 Å². The normalized spacial score (nSPS) is 27.8. The van der Waals surface area contributed by atoms with Gasteiger partial charge in [-0.15, -0.1) is 0 Å². The Hall–Kier alpha value is -1.66. The standard InChI is InChI=1S/C18H23FN2O3/c19-15-7-12(1-4-17(15)22)8-18(23)20-5-6-21-14(9-20)10-24-11-16(21)13-2-3-13/h1,4,7,13-14,16,22H,2-3,5-6,8-11H2/t14-,16-/m1/s1. The maximum Gasteiger partial charge on any atom is 0.227 e. The zero-order valence-corrected chi connectivity index (χ0v) is 13.7. The van der Waals surface area contributed by atoms with Crippen molar-refractivity contribution in [3.05, 3.63) is 29.6 Å². The van der Waals surface area contributed by atoms with Crippen LogP contribution in [-0.4, -0.2) is 65.7 Å². The smallest absolute Gasteiger partial charge is 0.227 e. The van der Waals surface area contributed by atoms with Gasteiger partial charge < -0.3 is 14.7 Å². The van der Waals surface area contributed by atoms with Gasteiger partial charge in [0.15, 0.2) is 11.6 Å². The molecule has 1 aromatic carbocycles. The number of halogens is 1. The van der Waals surface area contributed by atoms with Crippen molar-refractivity contribution in [2.24, 2.45) is 5.92 Å². The molecule has 130 valence electrons. The van der Waals surface area contributed by atoms with E-state index in [1.165, 1.54) is 25.0 Å². The second-order valence-electron chi connectivity index (χ2n) is 7.14. The van der Waals surface area contributed by atoms with E-state index in [1.54, 1.807) is 6.07 Å². The molecule has 24 heavy (non-hydrogen) atoms. The number of nitrogens with zero attached hydrogens (tertiary/aromatic N) is 2. The highest BCUT2D eigenvalue weighted by molar-refractivity contribution is 5.79. The van der Waals surface area contributed by atoms with Gasteiger partial charge in [-0.1, -0.05) is 6.07 Å². The average Bonchev–Trinajstić information content (AvgIpc) is 3.42. The number of ether oxygens (including phenoxy) is 1. The zero-order chi connectivity index (χ0) is 16.7. The topological polar surface area (TPSA) is 53.0 Å². The first-order valence-electron chi connectivity index (χ1n) is 8.70. The zero-order valence-electron chi connectivity index (χ0n) is 13.7. The minimum atomic E-state index is -0.682. The van der Waals surface area contributed by atoms with Crippen molar-refractivity contribution in [3.8, 4) is 5.75 Å². The van der Waals surface area contributed by atoms with Crippen LogP contribution in [0.5, 0.6) is 5.75 Å². The number of carbonyl (C=O) groups excluding carboxylic acids is 1. The molecule has 1 N–H and O–H groups in total. The quantitative estimate of drug-likeness (QED) is 0.908. The van der Waals surface area contributed by atoms with E-state index in [9.17, 15) is 14.3 Å². The Kier molecular flexibility index (Phi) is 4.18. The largest absolute Gasteiger partial charge is 0.505 e. The molecule has 2 atom stereocenters. The lowest BCUT2D eigenvalue weighted by molar-refractivity contribution is -0.139. The maximum atomic E-state index is 13.4. The second-order valence-corrected chi connectivity index (χ2v) is 7.14. The fourth-order valence-corrected chi connectivity index (χ4v) is 3.94. The van der Waals surface area contributed by atoms with Crippen molar-refractivity contribution in [2.75, 3.05) is 32.8 Å². The van der Waals surface area contributed by atoms with Crippen LogP contribution in [0, 0.1) is 11.7 Å². The van der Waals surface area contributed by atoms with Crippen LogP contribution in [-0.2, 0) is 16.0 Å². The Balaban J connectivity index is 1.38. The monoisotopic (exact) mass is 334 g/mol. The van der Waals surface area contributed by atoms with Gasteiger partial charge in [0.2, 0.25) is 5.91 Å². The molecule has 1 aliphatic carbocycles. The van der Waals surface area contributed by atoms with Gasteiger partial charge in [-0.2, -0.15) is 0 Å². The van der Waals surface area contributed by atoms with E-state index in [2.05, 4.69) is 4.90 Å². The molecule has 2 heterocycles. The van der Waals surface area contributed by atoms with Crippen LogP contribution in [0.4, 0.5) is 4.39 Å². The minimum absolute atomic E-state index is 0.00767. The summed E-state index contributed by atoms with van der Waals surface area (Å²) in [5, 5.41) is 9.24. The summed E-state index contributed by atoms with van der Waals surface area (Å²) in [6.45, 7) is 3.80. The Morgan fingerprint density at radius 1 is 1.29 bits per heavy atom. The van der Waals surface area contributed by atoms with Gasteiger partial charge in [0.05, 0.1) is 25.7 Å². The second kappa shape index (κ2) is 6.33. The third-order valence-electron chi connectivity index (χ3n) is 5.44. The summed E-state index contributed by atoms with van der Waals surface area (Å²) in [5.41, 5.74) is 0.591. The third-order valence-corrected chi connectivity index (χ3v) is 5.44. The molecule has 1 saturated carbocycles. The van der Waals surface area contributed by atoms with E-state index >= 15 is 0 Å². The molecule has 1 amide bonds. The maximum absolute atomic E-state index is 13.4. The van der Waals surface area contributed by atoms with Gasteiger partial charge in [-0.25, -0.2) is 4.39 Å². The summed E-state index contributed by atoms with van der Waals surface area (Å²) in [6, 6.07) is 4.92. The molecule has 0 spiro atoms. The first kappa shape index (κ1) is 15.8. The molecular weight excluding hydrogens is 311 g/mol. The van der Waals surface area contributed by atoms with Crippen molar-refractivity contribution in [1.82, 2.24) is 9.80 Å². The number of morpholine rings is 1. The summed E-state index contributed by atoms with van der Waals surface area (Å²) >= 11 is 0. The van der Waals surface area contributed by atoms with Crippen LogP contribution in [0.3, 0.4) is 0 Å². The predicted molar refractivity (Wildman–Crippen MR) is 86.2 cm³/mol. The fourth-order valence-electron chi connectivity index (χ4n) is 3.94. The molecule has 3 aliphatic rings. The van der Waals surface area contributed by atoms with Gasteiger partial charge in [-0.05, 0) is 36.5 Å². The number of hydrogen-bond donors (Lipinski definition) is 1. The summed E-state index contributed by atoms with van der Waals surface area (Å²) in [7, 11) is 0. The van der Waals surface area contributed by atoms with Crippen LogP contribution >= 0.6 is 0 Å². The number of piperazine rings is 1. The van der Waals surface area contributed by atoms with Gasteiger partial charge in [0.25, 0.3) is 0 Å². The molecule has 0 bridgehead atoms. The summed E-state index contributed by atoms with van der Waals surface area (Å²) in [4.78, 5) is 16.9. The van der Waals surface area contributed by atoms with E-state index < -0.39 is 5.82 Å². The average molecular weight is 334 g/mol. The number of hydrogen-bond acceptors (Lipinski definition) is 4. The lowest BCUT2D eigenvalue weighted by Gasteiger charge is -2.48. The Labute approximate surface area is 141 Å². The molecule has 0 radical (unpaired) electrons. The molecule has 0 aromatic heterocycles. The van der Waals surface area contributed by atoms with Crippen LogP contribution in [0.1, 0.15) is 18.4 Å². The lowest BCUT2D eigenvalue weighted by atomic mass is 10.0. The Morgan fingerprint density at radius 3 is 2.88 bits per heavy atom. The SMILES string of the molecule is O=C(Cc1ccc(O)c(F)c1)N1CCN2[C@@H](COC[C@@H]2C2CC2)C1. The highest BCUT2D eigenvalue weighted by Gasteiger charge is 2.43. The lowest BCUT2D eigenvalue weighted by Crippen LogP contribution is -2.63. The number of phenolic OH excluding ortho intramolecular Hbond substituents is 1. The van der Waals surface area contributed by atoms with Gasteiger partial charge in [-0.3, -0.25) is 9.69 Å². The number of amides is 1. The Morgan fingerprint density at radius 2 is 2.12 bits per heavy atom. The van der Waals surface area contributed by atoms with E-state index in [4.69, 9.17) is 4.74 Å². The minimum Gasteiger partial charge on any atom is -0.505 e. The van der Waals surface area contributed by atoms with Crippen molar-refractivity contribution >= 4 is 5.91 Å². The molecule has 2 aliphatic heterocycles. The molecule has 4 rings (SSSR count). The molecule has 5 nitrogen and oxygen atoms in total. The number of phenols is 1. The first-order valence-corrected chi connectivity index (χ1v) is 8.70. The number of fused-ring (bicyclic) bond motifs is 1. The molecule has 1 aromatic rings. The van der Waals surface area contributed by atoms with Crippen molar-refractivity contribution in [1.29, 1.82) is 0 Å². The van der Waals surface area contributed by atoms with E-state index in [0.29, 0.717) is 24.8 Å². The molecule has 2 saturated heterocycles. The fraction of sp³-hybridized carbons (Fsp3) is 0.611. The van der Waals surface area contributed by atoms with Crippen LogP contribution < -0.4 is 0 Å². The van der Waals surface area contributed by atoms with Gasteiger partial charge >= 0.3 is 0 Å². The highest BCUT2D eigenvalue weighted by Crippen LogP contribution is 2.38. The molecular formula is C18H23FN2O3. The molecule has 6 heteroatoms. The van der Waals surface area contributed by atoms with Crippen molar-refractivity contribution in [2.45, 2.75) is 31.3 Å². The number of aromatic hydroxyl groups is 1. The third kappa shape index (κ3) is 3.13. The summed E-state index contributed by atoms with van der Waals surface area (Å²) in [6.07, 6.45) is 2.76. The van der Waals surface area contributed by atoms with Crippen LogP contribution in [0.2, 0.25) is 0 Å². The number of benzene rings is 1. The van der Waals surface area contributed by atoms with E-state index in [0.717, 1.165) is 25.6 Å². The van der Waals surface area contributed by atoms with E-state index in [1.807, 2.05) is 4.90 Å². The van der Waals surface area contributed by atoms with Crippen LogP contribution in [0.25, 0.3) is 0 Å². The summed E-state index contributed by atoms with van der Waals surface area (Å²) < 4.78 is 19.2. The van der Waals surface area contributed by atoms with Gasteiger partial charge in [0.1, 0.15) is 0 Å². The number of rotatable bonds is 3. The molecule has 3 fully saturated rings. The Bertz CT molecular complexity index is 635. The highest BCUT2D eigenvalue weighted by atomic mass is 19.1. The number of carbonyl (C=O) groups is 1. The van der Waals surface area contributed by atoms with Crippen molar-refractivity contribution in [3.63, 3.8) is 0 Å².